The molecule has 6 heteroatoms. The number of aromatic nitrogens is 4. The lowest BCUT2D eigenvalue weighted by Crippen LogP contribution is -2.20. The average Bonchev–Trinajstić information content (AvgIpc) is 2.93. The summed E-state index contributed by atoms with van der Waals surface area (Å²) >= 11 is 6.06. The number of benzene rings is 1. The van der Waals surface area contributed by atoms with E-state index in [9.17, 15) is 0 Å². The SMILES string of the molecule is CCCCN(C)c1nc2ccc(Cl)cc2n2cnnc12. The standard InChI is InChI=1S/C14H16ClN5/c1-3-4-7-19(2)13-14-18-16-9-20(14)12-8-10(15)5-6-11(12)17-13/h5-6,8-9H,3-4,7H2,1-2H3. The molecule has 0 aliphatic rings. The van der Waals surface area contributed by atoms with Crippen LogP contribution in [0.3, 0.4) is 0 Å². The molecule has 5 nitrogen and oxygen atoms in total. The summed E-state index contributed by atoms with van der Waals surface area (Å²) in [5, 5.41) is 8.88. The summed E-state index contributed by atoms with van der Waals surface area (Å²) in [7, 11) is 2.04. The summed E-state index contributed by atoms with van der Waals surface area (Å²) < 4.78 is 1.94. The third-order valence-corrected chi connectivity index (χ3v) is 3.61. The second kappa shape index (κ2) is 5.25. The van der Waals surface area contributed by atoms with Crippen LogP contribution in [0.4, 0.5) is 5.82 Å². The molecule has 3 rings (SSSR count). The number of hydrogen-bond donors (Lipinski definition) is 0. The van der Waals surface area contributed by atoms with Crippen LogP contribution in [0, 0.1) is 0 Å². The summed E-state index contributed by atoms with van der Waals surface area (Å²) in [5.41, 5.74) is 2.57. The molecule has 0 N–H and O–H groups in total. The van der Waals surface area contributed by atoms with E-state index in [1.54, 1.807) is 6.33 Å². The van der Waals surface area contributed by atoms with E-state index < -0.39 is 0 Å². The topological polar surface area (TPSA) is 46.3 Å². The van der Waals surface area contributed by atoms with E-state index in [4.69, 9.17) is 16.6 Å². The molecule has 0 amide bonds. The van der Waals surface area contributed by atoms with E-state index >= 15 is 0 Å². The van der Waals surface area contributed by atoms with Crippen molar-refractivity contribution in [3.8, 4) is 0 Å². The molecule has 1 aromatic carbocycles. The van der Waals surface area contributed by atoms with Gasteiger partial charge in [0.05, 0.1) is 11.0 Å². The fourth-order valence-electron chi connectivity index (χ4n) is 2.27. The normalized spacial score (nSPS) is 11.3. The van der Waals surface area contributed by atoms with Crippen LogP contribution in [0.1, 0.15) is 19.8 Å². The van der Waals surface area contributed by atoms with Crippen molar-refractivity contribution in [1.29, 1.82) is 0 Å². The van der Waals surface area contributed by atoms with Gasteiger partial charge in [0, 0.05) is 18.6 Å². The Kier molecular flexibility index (Phi) is 3.44. The van der Waals surface area contributed by atoms with Crippen molar-refractivity contribution in [2.75, 3.05) is 18.5 Å². The van der Waals surface area contributed by atoms with Crippen LogP contribution in [-0.4, -0.2) is 33.2 Å². The minimum absolute atomic E-state index is 0.682. The lowest BCUT2D eigenvalue weighted by molar-refractivity contribution is 0.760. The van der Waals surface area contributed by atoms with Crippen molar-refractivity contribution in [2.45, 2.75) is 19.8 Å². The molecule has 20 heavy (non-hydrogen) atoms. The molecule has 0 aliphatic heterocycles. The Hall–Kier alpha value is -1.88. The quantitative estimate of drug-likeness (QED) is 0.740. The molecule has 0 unspecified atom stereocenters. The van der Waals surface area contributed by atoms with Crippen LogP contribution < -0.4 is 4.90 Å². The zero-order valence-electron chi connectivity index (χ0n) is 11.5. The molecule has 2 aromatic heterocycles. The van der Waals surface area contributed by atoms with Crippen LogP contribution >= 0.6 is 11.6 Å². The Balaban J connectivity index is 2.20. The number of fused-ring (bicyclic) bond motifs is 3. The third kappa shape index (κ3) is 2.18. The molecule has 104 valence electrons. The van der Waals surface area contributed by atoms with Crippen LogP contribution in [0.25, 0.3) is 16.7 Å². The molecule has 0 radical (unpaired) electrons. The minimum atomic E-state index is 0.682. The smallest absolute Gasteiger partial charge is 0.204 e. The Morgan fingerprint density at radius 1 is 1.35 bits per heavy atom. The van der Waals surface area contributed by atoms with E-state index in [1.165, 1.54) is 0 Å². The van der Waals surface area contributed by atoms with E-state index in [2.05, 4.69) is 22.0 Å². The molecule has 0 fully saturated rings. The first-order valence-electron chi connectivity index (χ1n) is 6.71. The van der Waals surface area contributed by atoms with Crippen molar-refractivity contribution in [2.24, 2.45) is 0 Å². The lowest BCUT2D eigenvalue weighted by Gasteiger charge is -2.18. The first-order valence-corrected chi connectivity index (χ1v) is 7.08. The lowest BCUT2D eigenvalue weighted by atomic mass is 10.3. The molecule has 2 heterocycles. The van der Waals surface area contributed by atoms with Gasteiger partial charge < -0.3 is 4.90 Å². The van der Waals surface area contributed by atoms with Crippen molar-refractivity contribution >= 4 is 34.1 Å². The van der Waals surface area contributed by atoms with E-state index in [1.807, 2.05) is 29.6 Å². The van der Waals surface area contributed by atoms with Gasteiger partial charge in [-0.2, -0.15) is 0 Å². The third-order valence-electron chi connectivity index (χ3n) is 3.38. The highest BCUT2D eigenvalue weighted by atomic mass is 35.5. The molecular weight excluding hydrogens is 274 g/mol. The maximum Gasteiger partial charge on any atom is 0.204 e. The second-order valence-corrected chi connectivity index (χ2v) is 5.30. The Morgan fingerprint density at radius 2 is 2.20 bits per heavy atom. The van der Waals surface area contributed by atoms with Gasteiger partial charge >= 0.3 is 0 Å². The molecule has 0 saturated heterocycles. The Labute approximate surface area is 122 Å². The number of anilines is 1. The second-order valence-electron chi connectivity index (χ2n) is 4.87. The Morgan fingerprint density at radius 3 is 3.00 bits per heavy atom. The molecular formula is C14H16ClN5. The van der Waals surface area contributed by atoms with Gasteiger partial charge in [-0.15, -0.1) is 10.2 Å². The Bertz CT molecular complexity index is 752. The monoisotopic (exact) mass is 289 g/mol. The number of nitrogens with zero attached hydrogens (tertiary/aromatic N) is 5. The predicted octanol–water partition coefficient (Wildman–Crippen LogP) is 3.17. The number of hydrogen-bond acceptors (Lipinski definition) is 4. The van der Waals surface area contributed by atoms with E-state index in [0.717, 1.165) is 41.9 Å². The summed E-state index contributed by atoms with van der Waals surface area (Å²) in [6, 6.07) is 5.66. The molecule has 3 aromatic rings. The molecule has 0 bridgehead atoms. The van der Waals surface area contributed by atoms with Gasteiger partial charge in [0.1, 0.15) is 6.33 Å². The molecule has 0 saturated carbocycles. The fourth-order valence-corrected chi connectivity index (χ4v) is 2.44. The number of halogens is 1. The van der Waals surface area contributed by atoms with Crippen molar-refractivity contribution in [1.82, 2.24) is 19.6 Å². The van der Waals surface area contributed by atoms with Crippen molar-refractivity contribution in [3.63, 3.8) is 0 Å². The summed E-state index contributed by atoms with van der Waals surface area (Å²) in [4.78, 5) is 6.84. The van der Waals surface area contributed by atoms with E-state index in [-0.39, 0.29) is 0 Å². The first kappa shape index (κ1) is 13.1. The maximum atomic E-state index is 6.06. The van der Waals surface area contributed by atoms with Crippen LogP contribution in [0.15, 0.2) is 24.5 Å². The highest BCUT2D eigenvalue weighted by Crippen LogP contribution is 2.24. The van der Waals surface area contributed by atoms with Crippen LogP contribution in [0.5, 0.6) is 0 Å². The summed E-state index contributed by atoms with van der Waals surface area (Å²) in [6.45, 7) is 3.13. The highest BCUT2D eigenvalue weighted by molar-refractivity contribution is 6.31. The van der Waals surface area contributed by atoms with Gasteiger partial charge in [0.2, 0.25) is 5.65 Å². The summed E-state index contributed by atoms with van der Waals surface area (Å²) in [6.07, 6.45) is 3.97. The van der Waals surface area contributed by atoms with Crippen LogP contribution in [0.2, 0.25) is 5.02 Å². The van der Waals surface area contributed by atoms with Crippen LogP contribution in [-0.2, 0) is 0 Å². The van der Waals surface area contributed by atoms with Crippen molar-refractivity contribution < 1.29 is 0 Å². The van der Waals surface area contributed by atoms with Gasteiger partial charge in [-0.3, -0.25) is 4.40 Å². The van der Waals surface area contributed by atoms with Gasteiger partial charge in [-0.05, 0) is 24.6 Å². The summed E-state index contributed by atoms with van der Waals surface area (Å²) in [5.74, 6) is 0.853. The zero-order chi connectivity index (χ0) is 14.1. The molecule has 0 spiro atoms. The van der Waals surface area contributed by atoms with E-state index in [0.29, 0.717) is 5.02 Å². The molecule has 0 atom stereocenters. The number of rotatable bonds is 4. The predicted molar refractivity (Wildman–Crippen MR) is 81.5 cm³/mol. The zero-order valence-corrected chi connectivity index (χ0v) is 12.3. The highest BCUT2D eigenvalue weighted by Gasteiger charge is 2.13. The van der Waals surface area contributed by atoms with Gasteiger partial charge in [-0.1, -0.05) is 24.9 Å². The maximum absolute atomic E-state index is 6.06. The molecule has 0 aliphatic carbocycles. The largest absolute Gasteiger partial charge is 0.357 e. The van der Waals surface area contributed by atoms with Gasteiger partial charge in [-0.25, -0.2) is 4.98 Å². The number of unbranched alkanes of at least 4 members (excludes halogenated alkanes) is 1. The minimum Gasteiger partial charge on any atom is -0.357 e. The van der Waals surface area contributed by atoms with Gasteiger partial charge in [0.15, 0.2) is 5.82 Å². The first-order chi connectivity index (χ1) is 9.70. The average molecular weight is 290 g/mol. The van der Waals surface area contributed by atoms with Crippen molar-refractivity contribution in [3.05, 3.63) is 29.5 Å². The fraction of sp³-hybridized carbons (Fsp3) is 0.357. The van der Waals surface area contributed by atoms with Gasteiger partial charge in [0.25, 0.3) is 0 Å².